The predicted molar refractivity (Wildman–Crippen MR) is 57.6 cm³/mol. The van der Waals surface area contributed by atoms with Crippen molar-refractivity contribution in [2.24, 2.45) is 5.92 Å². The molecule has 0 radical (unpaired) electrons. The first-order chi connectivity index (χ1) is 7.18. The van der Waals surface area contributed by atoms with Crippen LogP contribution in [0.1, 0.15) is 37.2 Å². The molecular formula is C12H16N2O. The van der Waals surface area contributed by atoms with Gasteiger partial charge in [-0.3, -0.25) is 4.79 Å². The molecule has 3 heteroatoms. The van der Waals surface area contributed by atoms with E-state index < -0.39 is 0 Å². The highest BCUT2D eigenvalue weighted by molar-refractivity contribution is 5.82. The number of aryl methyl sites for hydroxylation is 1. The highest BCUT2D eigenvalue weighted by atomic mass is 16.1. The summed E-state index contributed by atoms with van der Waals surface area (Å²) >= 11 is 0. The number of carbonyl (C=O) groups is 1. The zero-order chi connectivity index (χ0) is 10.8. The molecule has 3 nitrogen and oxygen atoms in total. The van der Waals surface area contributed by atoms with Crippen LogP contribution >= 0.6 is 0 Å². The number of hydrogen-bond donors (Lipinski definition) is 0. The van der Waals surface area contributed by atoms with Crippen LogP contribution in [0.5, 0.6) is 0 Å². The van der Waals surface area contributed by atoms with E-state index in [1.165, 1.54) is 5.56 Å². The van der Waals surface area contributed by atoms with Gasteiger partial charge in [-0.2, -0.15) is 0 Å². The third-order valence-corrected chi connectivity index (χ3v) is 2.95. The minimum Gasteiger partial charge on any atom is -0.299 e. The van der Waals surface area contributed by atoms with Crippen molar-refractivity contribution in [2.75, 3.05) is 0 Å². The summed E-state index contributed by atoms with van der Waals surface area (Å²) in [7, 11) is 0. The monoisotopic (exact) mass is 204 g/mol. The summed E-state index contributed by atoms with van der Waals surface area (Å²) in [4.78, 5) is 20.1. The first-order valence-electron chi connectivity index (χ1n) is 5.53. The molecule has 0 atom stereocenters. The SMILES string of the molecule is CC(C)C(=O)Cc1ncnc2c1CCC2. The zero-order valence-corrected chi connectivity index (χ0v) is 9.29. The number of aromatic nitrogens is 2. The van der Waals surface area contributed by atoms with Crippen molar-refractivity contribution in [1.82, 2.24) is 9.97 Å². The van der Waals surface area contributed by atoms with Crippen LogP contribution in [0, 0.1) is 5.92 Å². The maximum absolute atomic E-state index is 11.7. The number of rotatable bonds is 3. The Morgan fingerprint density at radius 1 is 1.40 bits per heavy atom. The van der Waals surface area contributed by atoms with Crippen molar-refractivity contribution in [2.45, 2.75) is 39.5 Å². The molecule has 0 amide bonds. The van der Waals surface area contributed by atoms with Crippen molar-refractivity contribution < 1.29 is 4.79 Å². The molecule has 1 aliphatic rings. The van der Waals surface area contributed by atoms with Crippen LogP contribution < -0.4 is 0 Å². The number of Topliss-reactive ketones (excluding diaryl/α,β-unsaturated/α-hetero) is 1. The van der Waals surface area contributed by atoms with Crippen molar-refractivity contribution >= 4 is 5.78 Å². The van der Waals surface area contributed by atoms with Crippen LogP contribution in [-0.2, 0) is 24.1 Å². The molecule has 0 aliphatic heterocycles. The molecule has 0 aromatic carbocycles. The summed E-state index contributed by atoms with van der Waals surface area (Å²) in [6.07, 6.45) is 5.30. The average molecular weight is 204 g/mol. The highest BCUT2D eigenvalue weighted by Crippen LogP contribution is 2.22. The number of hydrogen-bond acceptors (Lipinski definition) is 3. The van der Waals surface area contributed by atoms with Crippen molar-refractivity contribution in [3.05, 3.63) is 23.3 Å². The van der Waals surface area contributed by atoms with E-state index in [9.17, 15) is 4.79 Å². The number of nitrogens with zero attached hydrogens (tertiary/aromatic N) is 2. The Morgan fingerprint density at radius 2 is 2.20 bits per heavy atom. The van der Waals surface area contributed by atoms with Crippen LogP contribution in [0.25, 0.3) is 0 Å². The molecular weight excluding hydrogens is 188 g/mol. The number of fused-ring (bicyclic) bond motifs is 1. The molecule has 2 rings (SSSR count). The van der Waals surface area contributed by atoms with E-state index in [4.69, 9.17) is 0 Å². The molecule has 1 aliphatic carbocycles. The van der Waals surface area contributed by atoms with Crippen molar-refractivity contribution in [3.8, 4) is 0 Å². The standard InChI is InChI=1S/C12H16N2O/c1-8(2)12(15)6-11-9-4-3-5-10(9)13-7-14-11/h7-8H,3-6H2,1-2H3. The van der Waals surface area contributed by atoms with Gasteiger partial charge in [-0.25, -0.2) is 9.97 Å². The predicted octanol–water partition coefficient (Wildman–Crippen LogP) is 1.73. The van der Waals surface area contributed by atoms with Gasteiger partial charge in [0.1, 0.15) is 12.1 Å². The summed E-state index contributed by atoms with van der Waals surface area (Å²) in [5.74, 6) is 0.361. The lowest BCUT2D eigenvalue weighted by molar-refractivity contribution is -0.121. The van der Waals surface area contributed by atoms with Crippen LogP contribution in [0.4, 0.5) is 0 Å². The normalized spacial score (nSPS) is 14.3. The maximum atomic E-state index is 11.7. The quantitative estimate of drug-likeness (QED) is 0.753. The Bertz CT molecular complexity index is 385. The lowest BCUT2D eigenvalue weighted by Crippen LogP contribution is -2.13. The van der Waals surface area contributed by atoms with Crippen LogP contribution in [-0.4, -0.2) is 15.8 Å². The van der Waals surface area contributed by atoms with E-state index in [0.717, 1.165) is 30.7 Å². The Morgan fingerprint density at radius 3 is 2.93 bits per heavy atom. The molecule has 0 N–H and O–H groups in total. The van der Waals surface area contributed by atoms with Crippen LogP contribution in [0.2, 0.25) is 0 Å². The first-order valence-corrected chi connectivity index (χ1v) is 5.53. The highest BCUT2D eigenvalue weighted by Gasteiger charge is 2.19. The molecule has 1 aromatic heterocycles. The van der Waals surface area contributed by atoms with Crippen LogP contribution in [0.15, 0.2) is 6.33 Å². The van der Waals surface area contributed by atoms with Gasteiger partial charge in [-0.1, -0.05) is 13.8 Å². The fourth-order valence-electron chi connectivity index (χ4n) is 1.95. The van der Waals surface area contributed by atoms with Gasteiger partial charge in [-0.05, 0) is 24.8 Å². The third-order valence-electron chi connectivity index (χ3n) is 2.95. The fraction of sp³-hybridized carbons (Fsp3) is 0.583. The van der Waals surface area contributed by atoms with Crippen LogP contribution in [0.3, 0.4) is 0 Å². The Hall–Kier alpha value is -1.25. The first kappa shape index (κ1) is 10.3. The second-order valence-corrected chi connectivity index (χ2v) is 4.40. The van der Waals surface area contributed by atoms with Gasteiger partial charge in [0.05, 0.1) is 5.69 Å². The summed E-state index contributed by atoms with van der Waals surface area (Å²) in [5.41, 5.74) is 3.33. The van der Waals surface area contributed by atoms with Crippen molar-refractivity contribution in [3.63, 3.8) is 0 Å². The van der Waals surface area contributed by atoms with E-state index in [2.05, 4.69) is 9.97 Å². The van der Waals surface area contributed by atoms with Gasteiger partial charge >= 0.3 is 0 Å². The molecule has 0 spiro atoms. The molecule has 15 heavy (non-hydrogen) atoms. The molecule has 1 heterocycles. The molecule has 0 saturated carbocycles. The van der Waals surface area contributed by atoms with E-state index in [0.29, 0.717) is 6.42 Å². The van der Waals surface area contributed by atoms with Gasteiger partial charge in [0.25, 0.3) is 0 Å². The lowest BCUT2D eigenvalue weighted by Gasteiger charge is -2.07. The van der Waals surface area contributed by atoms with E-state index in [1.807, 2.05) is 13.8 Å². The topological polar surface area (TPSA) is 42.9 Å². The fourth-order valence-corrected chi connectivity index (χ4v) is 1.95. The van der Waals surface area contributed by atoms with Gasteiger partial charge in [-0.15, -0.1) is 0 Å². The van der Waals surface area contributed by atoms with Gasteiger partial charge in [0.2, 0.25) is 0 Å². The van der Waals surface area contributed by atoms with E-state index in [1.54, 1.807) is 6.33 Å². The molecule has 0 fully saturated rings. The molecule has 80 valence electrons. The molecule has 0 bridgehead atoms. The second-order valence-electron chi connectivity index (χ2n) is 4.40. The minimum absolute atomic E-state index is 0.0945. The third kappa shape index (κ3) is 2.06. The number of carbonyl (C=O) groups excluding carboxylic acids is 1. The van der Waals surface area contributed by atoms with Gasteiger partial charge < -0.3 is 0 Å². The molecule has 0 saturated heterocycles. The largest absolute Gasteiger partial charge is 0.299 e. The summed E-state index contributed by atoms with van der Waals surface area (Å²) in [6, 6.07) is 0. The van der Waals surface area contributed by atoms with Crippen molar-refractivity contribution in [1.29, 1.82) is 0 Å². The van der Waals surface area contributed by atoms with Gasteiger partial charge in [0.15, 0.2) is 0 Å². The molecule has 1 aromatic rings. The minimum atomic E-state index is 0.0945. The maximum Gasteiger partial charge on any atom is 0.141 e. The summed E-state index contributed by atoms with van der Waals surface area (Å²) in [5, 5.41) is 0. The van der Waals surface area contributed by atoms with E-state index in [-0.39, 0.29) is 11.7 Å². The molecule has 0 unspecified atom stereocenters. The number of ketones is 1. The Kier molecular flexibility index (Phi) is 2.80. The summed E-state index contributed by atoms with van der Waals surface area (Å²) in [6.45, 7) is 3.87. The average Bonchev–Trinajstić information content (AvgIpc) is 2.66. The Balaban J connectivity index is 2.22. The summed E-state index contributed by atoms with van der Waals surface area (Å²) < 4.78 is 0. The smallest absolute Gasteiger partial charge is 0.141 e. The van der Waals surface area contributed by atoms with E-state index >= 15 is 0 Å². The Labute approximate surface area is 89.9 Å². The lowest BCUT2D eigenvalue weighted by atomic mass is 10.0. The second kappa shape index (κ2) is 4.09. The zero-order valence-electron chi connectivity index (χ0n) is 9.29. The van der Waals surface area contributed by atoms with Gasteiger partial charge in [0, 0.05) is 18.0 Å².